The first-order chi connectivity index (χ1) is 9.63. The third-order valence-electron chi connectivity index (χ3n) is 3.89. The zero-order valence-electron chi connectivity index (χ0n) is 11.7. The number of nitro groups is 1. The Kier molecular flexibility index (Phi) is 4.84. The van der Waals surface area contributed by atoms with E-state index in [-0.39, 0.29) is 16.5 Å². The van der Waals surface area contributed by atoms with Crippen molar-refractivity contribution in [1.82, 2.24) is 4.90 Å². The van der Waals surface area contributed by atoms with Gasteiger partial charge in [-0.2, -0.15) is 0 Å². The van der Waals surface area contributed by atoms with Crippen molar-refractivity contribution in [3.05, 3.63) is 39.4 Å². The summed E-state index contributed by atoms with van der Waals surface area (Å²) in [6.45, 7) is 4.32. The predicted octanol–water partition coefficient (Wildman–Crippen LogP) is 2.48. The zero-order valence-corrected chi connectivity index (χ0v) is 11.7. The fourth-order valence-corrected chi connectivity index (χ4v) is 2.64. The molecule has 5 nitrogen and oxygen atoms in total. The lowest BCUT2D eigenvalue weighted by atomic mass is 9.98. The molecule has 2 rings (SSSR count). The molecule has 0 aromatic heterocycles. The van der Waals surface area contributed by atoms with Gasteiger partial charge in [-0.3, -0.25) is 19.8 Å². The van der Waals surface area contributed by atoms with E-state index in [9.17, 15) is 14.9 Å². The quantitative estimate of drug-likeness (QED) is 0.611. The third-order valence-corrected chi connectivity index (χ3v) is 3.89. The SMILES string of the molecule is CCc1ccc(CN2CCC([C]=O)CC2)cc1[N+](=O)[O-]. The second-order valence-corrected chi connectivity index (χ2v) is 5.24. The molecule has 0 unspecified atom stereocenters. The van der Waals surface area contributed by atoms with Crippen molar-refractivity contribution in [2.75, 3.05) is 13.1 Å². The van der Waals surface area contributed by atoms with Crippen molar-refractivity contribution in [2.45, 2.75) is 32.7 Å². The summed E-state index contributed by atoms with van der Waals surface area (Å²) >= 11 is 0. The molecule has 1 heterocycles. The monoisotopic (exact) mass is 275 g/mol. The summed E-state index contributed by atoms with van der Waals surface area (Å²) in [7, 11) is 0. The summed E-state index contributed by atoms with van der Waals surface area (Å²) in [5, 5.41) is 11.1. The van der Waals surface area contributed by atoms with Gasteiger partial charge in [0, 0.05) is 24.1 Å². The van der Waals surface area contributed by atoms with Crippen LogP contribution in [0.3, 0.4) is 0 Å². The molecule has 0 amide bonds. The molecule has 0 aliphatic carbocycles. The number of nitrogens with zero attached hydrogens (tertiary/aromatic N) is 2. The van der Waals surface area contributed by atoms with E-state index in [1.54, 1.807) is 6.07 Å². The van der Waals surface area contributed by atoms with Crippen LogP contribution in [0.25, 0.3) is 0 Å². The van der Waals surface area contributed by atoms with Crippen molar-refractivity contribution in [2.24, 2.45) is 5.92 Å². The highest BCUT2D eigenvalue weighted by Crippen LogP contribution is 2.23. The molecule has 20 heavy (non-hydrogen) atoms. The van der Waals surface area contributed by atoms with Crippen LogP contribution in [0.1, 0.15) is 30.9 Å². The number of likely N-dealkylation sites (tertiary alicyclic amines) is 1. The molecule has 1 aromatic rings. The number of aryl methyl sites for hydroxylation is 1. The van der Waals surface area contributed by atoms with Crippen LogP contribution in [0.15, 0.2) is 18.2 Å². The summed E-state index contributed by atoms with van der Waals surface area (Å²) in [5.41, 5.74) is 1.94. The number of rotatable bonds is 5. The van der Waals surface area contributed by atoms with E-state index in [2.05, 4.69) is 11.2 Å². The van der Waals surface area contributed by atoms with E-state index in [1.807, 2.05) is 19.1 Å². The normalized spacial score (nSPS) is 17.1. The van der Waals surface area contributed by atoms with Crippen LogP contribution in [-0.4, -0.2) is 29.2 Å². The maximum atomic E-state index is 11.1. The lowest BCUT2D eigenvalue weighted by Crippen LogP contribution is -2.33. The van der Waals surface area contributed by atoms with Crippen molar-refractivity contribution in [3.63, 3.8) is 0 Å². The van der Waals surface area contributed by atoms with Crippen LogP contribution >= 0.6 is 0 Å². The predicted molar refractivity (Wildman–Crippen MR) is 76.2 cm³/mol. The molecular formula is C15H19N2O3. The Morgan fingerprint density at radius 1 is 1.40 bits per heavy atom. The van der Waals surface area contributed by atoms with Gasteiger partial charge in [-0.05, 0) is 37.9 Å². The number of hydrogen-bond acceptors (Lipinski definition) is 4. The summed E-state index contributed by atoms with van der Waals surface area (Å²) in [6.07, 6.45) is 4.39. The van der Waals surface area contributed by atoms with E-state index in [1.165, 1.54) is 0 Å². The number of hydrogen-bond donors (Lipinski definition) is 0. The maximum absolute atomic E-state index is 11.1. The van der Waals surface area contributed by atoms with Crippen LogP contribution in [0.5, 0.6) is 0 Å². The Bertz CT molecular complexity index is 494. The van der Waals surface area contributed by atoms with Crippen molar-refractivity contribution < 1.29 is 9.72 Å². The molecule has 1 aliphatic heterocycles. The van der Waals surface area contributed by atoms with Crippen molar-refractivity contribution in [1.29, 1.82) is 0 Å². The number of piperidine rings is 1. The summed E-state index contributed by atoms with van der Waals surface area (Å²) in [6, 6.07) is 5.49. The number of nitro benzene ring substituents is 1. The smallest absolute Gasteiger partial charge is 0.272 e. The minimum Gasteiger partial charge on any atom is -0.299 e. The lowest BCUT2D eigenvalue weighted by Gasteiger charge is -2.29. The van der Waals surface area contributed by atoms with E-state index < -0.39 is 0 Å². The maximum Gasteiger partial charge on any atom is 0.272 e. The largest absolute Gasteiger partial charge is 0.299 e. The molecule has 1 saturated heterocycles. The Labute approximate surface area is 118 Å². The van der Waals surface area contributed by atoms with Gasteiger partial charge in [-0.15, -0.1) is 0 Å². The molecule has 0 saturated carbocycles. The van der Waals surface area contributed by atoms with Gasteiger partial charge < -0.3 is 0 Å². The van der Waals surface area contributed by atoms with E-state index in [4.69, 9.17) is 0 Å². The highest BCUT2D eigenvalue weighted by molar-refractivity contribution is 5.54. The fourth-order valence-electron chi connectivity index (χ4n) is 2.64. The summed E-state index contributed by atoms with van der Waals surface area (Å²) < 4.78 is 0. The molecule has 1 radical (unpaired) electrons. The van der Waals surface area contributed by atoms with E-state index in [0.29, 0.717) is 13.0 Å². The Hall–Kier alpha value is -1.75. The Balaban J connectivity index is 2.05. The fraction of sp³-hybridized carbons (Fsp3) is 0.533. The van der Waals surface area contributed by atoms with E-state index >= 15 is 0 Å². The Morgan fingerprint density at radius 3 is 2.65 bits per heavy atom. The van der Waals surface area contributed by atoms with Gasteiger partial charge >= 0.3 is 0 Å². The third kappa shape index (κ3) is 3.42. The number of benzene rings is 1. The Morgan fingerprint density at radius 2 is 2.10 bits per heavy atom. The van der Waals surface area contributed by atoms with Gasteiger partial charge in [0.05, 0.1) is 4.92 Å². The van der Waals surface area contributed by atoms with E-state index in [0.717, 1.165) is 37.1 Å². The molecule has 1 fully saturated rings. The molecule has 5 heteroatoms. The van der Waals surface area contributed by atoms with Gasteiger partial charge in [0.1, 0.15) is 0 Å². The first kappa shape index (κ1) is 14.7. The molecule has 1 aromatic carbocycles. The molecule has 0 atom stereocenters. The van der Waals surface area contributed by atoms with Gasteiger partial charge in [-0.25, -0.2) is 0 Å². The molecular weight excluding hydrogens is 256 g/mol. The highest BCUT2D eigenvalue weighted by Gasteiger charge is 2.20. The van der Waals surface area contributed by atoms with Crippen LogP contribution in [0.2, 0.25) is 0 Å². The van der Waals surface area contributed by atoms with Crippen LogP contribution < -0.4 is 0 Å². The lowest BCUT2D eigenvalue weighted by molar-refractivity contribution is -0.385. The van der Waals surface area contributed by atoms with Crippen LogP contribution in [-0.2, 0) is 17.8 Å². The molecule has 1 aliphatic rings. The highest BCUT2D eigenvalue weighted by atomic mass is 16.6. The van der Waals surface area contributed by atoms with Crippen molar-refractivity contribution in [3.8, 4) is 0 Å². The zero-order chi connectivity index (χ0) is 14.5. The van der Waals surface area contributed by atoms with Gasteiger partial charge in [0.15, 0.2) is 0 Å². The summed E-state index contributed by atoms with van der Waals surface area (Å²) in [4.78, 5) is 23.6. The second kappa shape index (κ2) is 6.61. The molecule has 107 valence electrons. The minimum atomic E-state index is -0.310. The summed E-state index contributed by atoms with van der Waals surface area (Å²) in [5.74, 6) is 0.0584. The van der Waals surface area contributed by atoms with Crippen molar-refractivity contribution >= 4 is 12.0 Å². The first-order valence-electron chi connectivity index (χ1n) is 7.00. The molecule has 0 bridgehead atoms. The molecule has 0 N–H and O–H groups in total. The van der Waals surface area contributed by atoms with Crippen LogP contribution in [0.4, 0.5) is 5.69 Å². The standard InChI is InChI=1S/C15H19N2O3/c1-2-14-4-3-13(9-15(14)17(19)20)10-16-7-5-12(11-18)6-8-16/h3-4,9,12H,2,5-8,10H2,1H3. The average molecular weight is 275 g/mol. The second-order valence-electron chi connectivity index (χ2n) is 5.24. The van der Waals surface area contributed by atoms with Gasteiger partial charge in [0.25, 0.3) is 5.69 Å². The first-order valence-corrected chi connectivity index (χ1v) is 7.00. The average Bonchev–Trinajstić information content (AvgIpc) is 2.48. The topological polar surface area (TPSA) is 63.5 Å². The van der Waals surface area contributed by atoms with Gasteiger partial charge in [-0.1, -0.05) is 19.1 Å². The molecule has 0 spiro atoms. The van der Waals surface area contributed by atoms with Crippen LogP contribution in [0, 0.1) is 16.0 Å². The number of carbonyl (C=O) groups excluding carboxylic acids is 1. The van der Waals surface area contributed by atoms with Gasteiger partial charge in [0.2, 0.25) is 6.29 Å². The minimum absolute atomic E-state index is 0.0584.